The van der Waals surface area contributed by atoms with E-state index < -0.39 is 0 Å². The van der Waals surface area contributed by atoms with Gasteiger partial charge in [-0.2, -0.15) is 0 Å². The minimum atomic E-state index is -0.145. The van der Waals surface area contributed by atoms with E-state index in [-0.39, 0.29) is 11.7 Å². The van der Waals surface area contributed by atoms with Crippen LogP contribution in [0.5, 0.6) is 5.75 Å². The van der Waals surface area contributed by atoms with Crippen molar-refractivity contribution in [2.45, 2.75) is 18.6 Å². The standard InChI is InChI=1S/C20H23N5O3S/c1-3-28-17-7-5-4-6-16(17)22-18(26)14-29-20-24-23-19(25(20)12-13-27-2)15-8-10-21-11-9-15/h4-11H,3,12-14H2,1-2H3,(H,22,26). The average molecular weight is 414 g/mol. The maximum absolute atomic E-state index is 12.5. The number of anilines is 1. The Hall–Kier alpha value is -2.91. The lowest BCUT2D eigenvalue weighted by atomic mass is 10.2. The molecule has 1 N–H and O–H groups in total. The number of rotatable bonds is 10. The minimum Gasteiger partial charge on any atom is -0.492 e. The van der Waals surface area contributed by atoms with Crippen molar-refractivity contribution in [3.05, 3.63) is 48.8 Å². The summed E-state index contributed by atoms with van der Waals surface area (Å²) < 4.78 is 12.7. The molecule has 0 spiro atoms. The van der Waals surface area contributed by atoms with Gasteiger partial charge in [-0.3, -0.25) is 14.3 Å². The lowest BCUT2D eigenvalue weighted by molar-refractivity contribution is -0.113. The summed E-state index contributed by atoms with van der Waals surface area (Å²) in [6.07, 6.45) is 3.42. The van der Waals surface area contributed by atoms with Crippen molar-refractivity contribution in [2.24, 2.45) is 0 Å². The highest BCUT2D eigenvalue weighted by atomic mass is 32.2. The molecule has 0 aliphatic rings. The van der Waals surface area contributed by atoms with Gasteiger partial charge < -0.3 is 14.8 Å². The molecule has 1 amide bonds. The molecule has 0 aliphatic carbocycles. The Morgan fingerprint density at radius 1 is 1.17 bits per heavy atom. The molecule has 1 aromatic carbocycles. The van der Waals surface area contributed by atoms with Gasteiger partial charge in [0, 0.05) is 25.1 Å². The van der Waals surface area contributed by atoms with Gasteiger partial charge in [-0.05, 0) is 31.2 Å². The van der Waals surface area contributed by atoms with Crippen LogP contribution in [0.4, 0.5) is 5.69 Å². The smallest absolute Gasteiger partial charge is 0.234 e. The molecule has 0 unspecified atom stereocenters. The first kappa shape index (κ1) is 20.8. The Labute approximate surface area is 173 Å². The van der Waals surface area contributed by atoms with E-state index in [2.05, 4.69) is 20.5 Å². The van der Waals surface area contributed by atoms with Crippen molar-refractivity contribution < 1.29 is 14.3 Å². The van der Waals surface area contributed by atoms with Crippen LogP contribution >= 0.6 is 11.8 Å². The topological polar surface area (TPSA) is 91.2 Å². The number of methoxy groups -OCH3 is 1. The monoisotopic (exact) mass is 413 g/mol. The van der Waals surface area contributed by atoms with Gasteiger partial charge >= 0.3 is 0 Å². The lowest BCUT2D eigenvalue weighted by Crippen LogP contribution is -2.16. The number of para-hydroxylation sites is 2. The van der Waals surface area contributed by atoms with E-state index in [1.165, 1.54) is 11.8 Å². The summed E-state index contributed by atoms with van der Waals surface area (Å²) in [4.78, 5) is 16.5. The molecular formula is C20H23N5O3S. The van der Waals surface area contributed by atoms with Gasteiger partial charge in [0.25, 0.3) is 0 Å². The number of ether oxygens (including phenoxy) is 2. The van der Waals surface area contributed by atoms with Gasteiger partial charge in [-0.15, -0.1) is 10.2 Å². The molecule has 8 nitrogen and oxygen atoms in total. The molecule has 29 heavy (non-hydrogen) atoms. The van der Waals surface area contributed by atoms with Crippen molar-refractivity contribution in [2.75, 3.05) is 31.4 Å². The van der Waals surface area contributed by atoms with Crippen LogP contribution in [0.2, 0.25) is 0 Å². The molecule has 9 heteroatoms. The van der Waals surface area contributed by atoms with Crippen molar-refractivity contribution in [3.63, 3.8) is 0 Å². The average Bonchev–Trinajstić information content (AvgIpc) is 3.15. The lowest BCUT2D eigenvalue weighted by Gasteiger charge is -2.12. The second-order valence-electron chi connectivity index (χ2n) is 5.95. The van der Waals surface area contributed by atoms with Crippen LogP contribution in [0, 0.1) is 0 Å². The maximum atomic E-state index is 12.5. The largest absolute Gasteiger partial charge is 0.492 e. The van der Waals surface area contributed by atoms with E-state index in [0.29, 0.717) is 42.2 Å². The molecule has 2 aromatic heterocycles. The predicted molar refractivity (Wildman–Crippen MR) is 112 cm³/mol. The van der Waals surface area contributed by atoms with E-state index in [4.69, 9.17) is 9.47 Å². The quantitative estimate of drug-likeness (QED) is 0.511. The van der Waals surface area contributed by atoms with Gasteiger partial charge in [0.05, 0.1) is 31.2 Å². The molecule has 0 radical (unpaired) electrons. The fraction of sp³-hybridized carbons (Fsp3) is 0.300. The highest BCUT2D eigenvalue weighted by Gasteiger charge is 2.16. The summed E-state index contributed by atoms with van der Waals surface area (Å²) in [6.45, 7) is 3.53. The SMILES string of the molecule is CCOc1ccccc1NC(=O)CSc1nnc(-c2ccncc2)n1CCOC. The Balaban J connectivity index is 1.70. The van der Waals surface area contributed by atoms with Crippen LogP contribution in [-0.2, 0) is 16.1 Å². The van der Waals surface area contributed by atoms with Crippen LogP contribution in [-0.4, -0.2) is 51.7 Å². The first-order valence-corrected chi connectivity index (χ1v) is 10.2. The van der Waals surface area contributed by atoms with E-state index >= 15 is 0 Å². The number of carbonyl (C=O) groups excluding carboxylic acids is 1. The van der Waals surface area contributed by atoms with Crippen LogP contribution in [0.1, 0.15) is 6.92 Å². The van der Waals surface area contributed by atoms with Crippen molar-refractivity contribution in [3.8, 4) is 17.1 Å². The molecular weight excluding hydrogens is 390 g/mol. The van der Waals surface area contributed by atoms with Gasteiger partial charge in [-0.1, -0.05) is 23.9 Å². The number of pyridine rings is 1. The third kappa shape index (κ3) is 5.55. The molecule has 3 rings (SSSR count). The zero-order valence-electron chi connectivity index (χ0n) is 16.4. The van der Waals surface area contributed by atoms with E-state index in [9.17, 15) is 4.79 Å². The molecule has 0 aliphatic heterocycles. The second kappa shape index (κ2) is 10.6. The number of benzene rings is 1. The molecule has 0 atom stereocenters. The number of amides is 1. The maximum Gasteiger partial charge on any atom is 0.234 e. The number of aromatic nitrogens is 4. The van der Waals surface area contributed by atoms with Crippen LogP contribution in [0.15, 0.2) is 53.9 Å². The molecule has 3 aromatic rings. The normalized spacial score (nSPS) is 10.7. The number of hydrogen-bond acceptors (Lipinski definition) is 7. The highest BCUT2D eigenvalue weighted by Crippen LogP contribution is 2.26. The number of nitrogens with zero attached hydrogens (tertiary/aromatic N) is 4. The third-order valence-electron chi connectivity index (χ3n) is 3.97. The number of nitrogens with one attached hydrogen (secondary N) is 1. The Morgan fingerprint density at radius 2 is 1.97 bits per heavy atom. The fourth-order valence-corrected chi connectivity index (χ4v) is 3.43. The third-order valence-corrected chi connectivity index (χ3v) is 4.93. The summed E-state index contributed by atoms with van der Waals surface area (Å²) in [6, 6.07) is 11.1. The second-order valence-corrected chi connectivity index (χ2v) is 6.90. The number of hydrogen-bond donors (Lipinski definition) is 1. The van der Waals surface area contributed by atoms with Crippen LogP contribution in [0.25, 0.3) is 11.4 Å². The van der Waals surface area contributed by atoms with E-state index in [1.54, 1.807) is 19.5 Å². The summed E-state index contributed by atoms with van der Waals surface area (Å²) in [5.41, 5.74) is 1.56. The van der Waals surface area contributed by atoms with Gasteiger partial charge in [-0.25, -0.2) is 0 Å². The van der Waals surface area contributed by atoms with Crippen molar-refractivity contribution in [1.29, 1.82) is 0 Å². The summed E-state index contributed by atoms with van der Waals surface area (Å²) in [5, 5.41) is 12.1. The Morgan fingerprint density at radius 3 is 2.72 bits per heavy atom. The van der Waals surface area contributed by atoms with E-state index in [1.807, 2.05) is 47.9 Å². The molecule has 152 valence electrons. The highest BCUT2D eigenvalue weighted by molar-refractivity contribution is 7.99. The van der Waals surface area contributed by atoms with Crippen LogP contribution < -0.4 is 10.1 Å². The molecule has 0 fully saturated rings. The van der Waals surface area contributed by atoms with Crippen molar-refractivity contribution in [1.82, 2.24) is 19.7 Å². The van der Waals surface area contributed by atoms with Crippen molar-refractivity contribution >= 4 is 23.4 Å². The molecule has 0 saturated heterocycles. The Kier molecular flexibility index (Phi) is 7.60. The summed E-state index contributed by atoms with van der Waals surface area (Å²) >= 11 is 1.32. The molecule has 0 bridgehead atoms. The fourth-order valence-electron chi connectivity index (χ4n) is 2.66. The molecule has 0 saturated carbocycles. The first-order valence-electron chi connectivity index (χ1n) is 9.20. The van der Waals surface area contributed by atoms with Gasteiger partial charge in [0.15, 0.2) is 11.0 Å². The Bertz CT molecular complexity index is 933. The zero-order chi connectivity index (χ0) is 20.5. The van der Waals surface area contributed by atoms with Crippen LogP contribution in [0.3, 0.4) is 0 Å². The zero-order valence-corrected chi connectivity index (χ0v) is 17.2. The molecule has 2 heterocycles. The van der Waals surface area contributed by atoms with Gasteiger partial charge in [0.2, 0.25) is 5.91 Å². The summed E-state index contributed by atoms with van der Waals surface area (Å²) in [5.74, 6) is 1.42. The minimum absolute atomic E-state index is 0.145. The summed E-state index contributed by atoms with van der Waals surface area (Å²) in [7, 11) is 1.65. The number of thioether (sulfide) groups is 1. The first-order chi connectivity index (χ1) is 14.2. The van der Waals surface area contributed by atoms with E-state index in [0.717, 1.165) is 5.56 Å². The predicted octanol–water partition coefficient (Wildman–Crippen LogP) is 3.12. The van der Waals surface area contributed by atoms with Gasteiger partial charge in [0.1, 0.15) is 5.75 Å². The number of carbonyl (C=O) groups is 1.